The van der Waals surface area contributed by atoms with E-state index in [2.05, 4.69) is 15.3 Å². The number of anilines is 1. The maximum absolute atomic E-state index is 13.6. The minimum Gasteiger partial charge on any atom is -0.354 e. The van der Waals surface area contributed by atoms with Crippen LogP contribution in [-0.4, -0.2) is 16.5 Å². The Labute approximate surface area is 99.7 Å². The van der Waals surface area contributed by atoms with Crippen molar-refractivity contribution in [2.24, 2.45) is 0 Å². The lowest BCUT2D eigenvalue weighted by atomic mass is 10.1. The molecule has 2 rings (SSSR count). The first-order valence-electron chi connectivity index (χ1n) is 5.55. The topological polar surface area (TPSA) is 37.8 Å². The van der Waals surface area contributed by atoms with E-state index in [1.54, 1.807) is 24.3 Å². The summed E-state index contributed by atoms with van der Waals surface area (Å²) in [6, 6.07) is 8.38. The van der Waals surface area contributed by atoms with Crippen molar-refractivity contribution in [3.63, 3.8) is 0 Å². The second-order valence-corrected chi connectivity index (χ2v) is 3.73. The molecule has 0 amide bonds. The predicted molar refractivity (Wildman–Crippen MR) is 66.3 cm³/mol. The Morgan fingerprint density at radius 3 is 2.71 bits per heavy atom. The van der Waals surface area contributed by atoms with E-state index in [-0.39, 0.29) is 5.82 Å². The van der Waals surface area contributed by atoms with Gasteiger partial charge < -0.3 is 5.32 Å². The monoisotopic (exact) mass is 231 g/mol. The van der Waals surface area contributed by atoms with Gasteiger partial charge in [-0.3, -0.25) is 0 Å². The van der Waals surface area contributed by atoms with E-state index in [1.165, 1.54) is 6.07 Å². The Morgan fingerprint density at radius 1 is 1.24 bits per heavy atom. The van der Waals surface area contributed by atoms with Gasteiger partial charge in [0.1, 0.15) is 5.82 Å². The Kier molecular flexibility index (Phi) is 3.32. The van der Waals surface area contributed by atoms with Crippen LogP contribution in [0, 0.1) is 12.7 Å². The van der Waals surface area contributed by atoms with Crippen LogP contribution in [0.15, 0.2) is 30.3 Å². The van der Waals surface area contributed by atoms with Crippen LogP contribution in [0.5, 0.6) is 0 Å². The molecule has 1 heterocycles. The summed E-state index contributed by atoms with van der Waals surface area (Å²) in [6.07, 6.45) is 0. The molecule has 1 aromatic carbocycles. The summed E-state index contributed by atoms with van der Waals surface area (Å²) in [5, 5.41) is 3.03. The number of rotatable bonds is 3. The van der Waals surface area contributed by atoms with Crippen molar-refractivity contribution < 1.29 is 4.39 Å². The molecule has 0 aliphatic rings. The van der Waals surface area contributed by atoms with Gasteiger partial charge in [-0.2, -0.15) is 0 Å². The molecule has 88 valence electrons. The summed E-state index contributed by atoms with van der Waals surface area (Å²) in [6.45, 7) is 4.57. The van der Waals surface area contributed by atoms with Crippen LogP contribution in [0.4, 0.5) is 10.3 Å². The molecule has 0 bridgehead atoms. The van der Waals surface area contributed by atoms with Crippen LogP contribution >= 0.6 is 0 Å². The van der Waals surface area contributed by atoms with Crippen LogP contribution in [0.25, 0.3) is 11.3 Å². The van der Waals surface area contributed by atoms with Crippen LogP contribution in [0.1, 0.15) is 12.6 Å². The molecular weight excluding hydrogens is 217 g/mol. The van der Waals surface area contributed by atoms with Gasteiger partial charge in [0.05, 0.1) is 5.69 Å². The van der Waals surface area contributed by atoms with Gasteiger partial charge in [0.25, 0.3) is 0 Å². The average Bonchev–Trinajstić information content (AvgIpc) is 2.29. The van der Waals surface area contributed by atoms with Crippen LogP contribution in [0.3, 0.4) is 0 Å². The molecule has 1 N–H and O–H groups in total. The van der Waals surface area contributed by atoms with Crippen molar-refractivity contribution >= 4 is 5.95 Å². The Hall–Kier alpha value is -1.97. The molecule has 0 radical (unpaired) electrons. The Balaban J connectivity index is 2.48. The molecule has 0 atom stereocenters. The van der Waals surface area contributed by atoms with E-state index in [0.29, 0.717) is 17.2 Å². The SMILES string of the molecule is CCNc1nc(C)cc(-c2ccccc2F)n1. The number of aromatic nitrogens is 2. The first-order chi connectivity index (χ1) is 8.20. The predicted octanol–water partition coefficient (Wildman–Crippen LogP) is 3.02. The second-order valence-electron chi connectivity index (χ2n) is 3.73. The summed E-state index contributed by atoms with van der Waals surface area (Å²) in [5.41, 5.74) is 1.91. The van der Waals surface area contributed by atoms with Gasteiger partial charge in [-0.1, -0.05) is 12.1 Å². The zero-order valence-corrected chi connectivity index (χ0v) is 9.87. The van der Waals surface area contributed by atoms with Gasteiger partial charge >= 0.3 is 0 Å². The van der Waals surface area contributed by atoms with Crippen molar-refractivity contribution in [1.82, 2.24) is 9.97 Å². The van der Waals surface area contributed by atoms with Crippen LogP contribution in [-0.2, 0) is 0 Å². The van der Waals surface area contributed by atoms with Crippen molar-refractivity contribution in [3.05, 3.63) is 41.8 Å². The molecule has 2 aromatic rings. The van der Waals surface area contributed by atoms with Crippen LogP contribution in [0.2, 0.25) is 0 Å². The summed E-state index contributed by atoms with van der Waals surface area (Å²) in [7, 11) is 0. The molecule has 1 aromatic heterocycles. The summed E-state index contributed by atoms with van der Waals surface area (Å²) in [5.74, 6) is 0.263. The molecule has 0 fully saturated rings. The van der Waals surface area contributed by atoms with Gasteiger partial charge in [0, 0.05) is 17.8 Å². The zero-order chi connectivity index (χ0) is 12.3. The van der Waals surface area contributed by atoms with Gasteiger partial charge in [-0.05, 0) is 32.0 Å². The number of hydrogen-bond acceptors (Lipinski definition) is 3. The molecule has 0 unspecified atom stereocenters. The van der Waals surface area contributed by atoms with E-state index in [1.807, 2.05) is 13.8 Å². The molecule has 0 aliphatic carbocycles. The van der Waals surface area contributed by atoms with Crippen molar-refractivity contribution in [3.8, 4) is 11.3 Å². The summed E-state index contributed by atoms with van der Waals surface area (Å²) < 4.78 is 13.6. The highest BCUT2D eigenvalue weighted by Gasteiger charge is 2.08. The van der Waals surface area contributed by atoms with Gasteiger partial charge in [0.15, 0.2) is 0 Å². The highest BCUT2D eigenvalue weighted by atomic mass is 19.1. The third-order valence-electron chi connectivity index (χ3n) is 2.34. The molecular formula is C13H14FN3. The highest BCUT2D eigenvalue weighted by Crippen LogP contribution is 2.21. The number of halogens is 1. The number of hydrogen-bond donors (Lipinski definition) is 1. The lowest BCUT2D eigenvalue weighted by molar-refractivity contribution is 0.630. The quantitative estimate of drug-likeness (QED) is 0.882. The van der Waals surface area contributed by atoms with E-state index >= 15 is 0 Å². The molecule has 3 nitrogen and oxygen atoms in total. The third kappa shape index (κ3) is 2.58. The van der Waals surface area contributed by atoms with Gasteiger partial charge in [-0.25, -0.2) is 14.4 Å². The van der Waals surface area contributed by atoms with Gasteiger partial charge in [-0.15, -0.1) is 0 Å². The number of nitrogens with one attached hydrogen (secondary N) is 1. The van der Waals surface area contributed by atoms with E-state index in [0.717, 1.165) is 12.2 Å². The molecule has 0 spiro atoms. The molecule has 17 heavy (non-hydrogen) atoms. The maximum atomic E-state index is 13.6. The van der Waals surface area contributed by atoms with Crippen molar-refractivity contribution in [2.45, 2.75) is 13.8 Å². The van der Waals surface area contributed by atoms with Crippen molar-refractivity contribution in [1.29, 1.82) is 0 Å². The largest absolute Gasteiger partial charge is 0.354 e. The van der Waals surface area contributed by atoms with Crippen LogP contribution < -0.4 is 5.32 Å². The Morgan fingerprint density at radius 2 is 2.00 bits per heavy atom. The van der Waals surface area contributed by atoms with E-state index in [9.17, 15) is 4.39 Å². The fraction of sp³-hybridized carbons (Fsp3) is 0.231. The minimum atomic E-state index is -0.270. The summed E-state index contributed by atoms with van der Waals surface area (Å²) in [4.78, 5) is 8.53. The van der Waals surface area contributed by atoms with Gasteiger partial charge in [0.2, 0.25) is 5.95 Å². The lowest BCUT2D eigenvalue weighted by Crippen LogP contribution is -2.04. The summed E-state index contributed by atoms with van der Waals surface area (Å²) >= 11 is 0. The fourth-order valence-electron chi connectivity index (χ4n) is 1.61. The van der Waals surface area contributed by atoms with Crippen molar-refractivity contribution in [2.75, 3.05) is 11.9 Å². The first kappa shape index (κ1) is 11.5. The standard InChI is InChI=1S/C13H14FN3/c1-3-15-13-16-9(2)8-12(17-13)10-6-4-5-7-11(10)14/h4-8H,3H2,1-2H3,(H,15,16,17). The zero-order valence-electron chi connectivity index (χ0n) is 9.87. The normalized spacial score (nSPS) is 10.3. The smallest absolute Gasteiger partial charge is 0.223 e. The molecule has 0 saturated heterocycles. The Bertz CT molecular complexity index is 526. The number of nitrogens with zero attached hydrogens (tertiary/aromatic N) is 2. The average molecular weight is 231 g/mol. The van der Waals surface area contributed by atoms with E-state index in [4.69, 9.17) is 0 Å². The molecule has 0 aliphatic heterocycles. The lowest BCUT2D eigenvalue weighted by Gasteiger charge is -2.07. The maximum Gasteiger partial charge on any atom is 0.223 e. The molecule has 4 heteroatoms. The second kappa shape index (κ2) is 4.91. The van der Waals surface area contributed by atoms with E-state index < -0.39 is 0 Å². The fourth-order valence-corrected chi connectivity index (χ4v) is 1.61. The minimum absolute atomic E-state index is 0.270. The number of benzene rings is 1. The first-order valence-corrected chi connectivity index (χ1v) is 5.55. The third-order valence-corrected chi connectivity index (χ3v) is 2.34. The molecule has 0 saturated carbocycles. The highest BCUT2D eigenvalue weighted by molar-refractivity contribution is 5.61. The number of aryl methyl sites for hydroxylation is 1.